The molecule has 0 aromatic carbocycles. The fourth-order valence-corrected chi connectivity index (χ4v) is 1.93. The van der Waals surface area contributed by atoms with Crippen LogP contribution < -0.4 is 0 Å². The van der Waals surface area contributed by atoms with E-state index in [-0.39, 0.29) is 5.24 Å². The van der Waals surface area contributed by atoms with E-state index in [1.807, 2.05) is 6.92 Å². The van der Waals surface area contributed by atoms with Gasteiger partial charge in [-0.1, -0.05) is 24.0 Å². The summed E-state index contributed by atoms with van der Waals surface area (Å²) in [4.78, 5) is 13.2. The zero-order valence-corrected chi connectivity index (χ0v) is 6.72. The van der Waals surface area contributed by atoms with Crippen molar-refractivity contribution in [2.75, 3.05) is 12.3 Å². The zero-order chi connectivity index (χ0) is 6.85. The molecule has 0 aromatic rings. The number of hydrogen-bond acceptors (Lipinski definition) is 3. The Labute approximate surface area is 63.6 Å². The quantitative estimate of drug-likeness (QED) is 0.544. The standard InChI is InChI=1S/C5H7NOS2/c1-2-6-4(8)3-9-5(6)7/h2-3H2,1H3. The minimum absolute atomic E-state index is 0.0995. The van der Waals surface area contributed by atoms with Crippen molar-refractivity contribution in [2.24, 2.45) is 0 Å². The molecular formula is C5H7NOS2. The molecule has 0 unspecified atom stereocenters. The molecule has 9 heavy (non-hydrogen) atoms. The third-order valence-corrected chi connectivity index (χ3v) is 2.59. The van der Waals surface area contributed by atoms with Gasteiger partial charge >= 0.3 is 0 Å². The van der Waals surface area contributed by atoms with Crippen molar-refractivity contribution in [3.63, 3.8) is 0 Å². The first kappa shape index (κ1) is 7.02. The number of rotatable bonds is 1. The molecule has 50 valence electrons. The number of nitrogens with zero attached hydrogens (tertiary/aromatic N) is 1. The number of carbonyl (C=O) groups is 1. The van der Waals surface area contributed by atoms with E-state index in [1.54, 1.807) is 4.90 Å². The van der Waals surface area contributed by atoms with Crippen molar-refractivity contribution in [1.29, 1.82) is 0 Å². The molecule has 1 heterocycles. The van der Waals surface area contributed by atoms with Crippen LogP contribution in [0.3, 0.4) is 0 Å². The SMILES string of the molecule is CCN1C(=O)SCC1=S. The number of amides is 1. The maximum absolute atomic E-state index is 10.8. The molecule has 0 N–H and O–H groups in total. The van der Waals surface area contributed by atoms with Gasteiger partial charge in [-0.25, -0.2) is 0 Å². The van der Waals surface area contributed by atoms with Gasteiger partial charge < -0.3 is 0 Å². The summed E-state index contributed by atoms with van der Waals surface area (Å²) < 4.78 is 0. The first-order valence-corrected chi connectivity index (χ1v) is 4.12. The highest BCUT2D eigenvalue weighted by molar-refractivity contribution is 8.15. The molecule has 1 amide bonds. The number of thioether (sulfide) groups is 1. The molecule has 0 aromatic heterocycles. The highest BCUT2D eigenvalue weighted by Gasteiger charge is 2.24. The van der Waals surface area contributed by atoms with Crippen molar-refractivity contribution in [1.82, 2.24) is 4.90 Å². The van der Waals surface area contributed by atoms with E-state index in [2.05, 4.69) is 0 Å². The fraction of sp³-hybridized carbons (Fsp3) is 0.600. The van der Waals surface area contributed by atoms with Crippen LogP contribution in [0, 0.1) is 0 Å². The monoisotopic (exact) mass is 161 g/mol. The summed E-state index contributed by atoms with van der Waals surface area (Å²) in [6.45, 7) is 2.64. The Morgan fingerprint density at radius 3 is 2.78 bits per heavy atom. The van der Waals surface area contributed by atoms with E-state index in [9.17, 15) is 4.79 Å². The molecule has 0 spiro atoms. The van der Waals surface area contributed by atoms with Gasteiger partial charge in [0.1, 0.15) is 0 Å². The smallest absolute Gasteiger partial charge is 0.286 e. The number of carbonyl (C=O) groups excluding carboxylic acids is 1. The minimum Gasteiger partial charge on any atom is -0.297 e. The topological polar surface area (TPSA) is 20.3 Å². The third-order valence-electron chi connectivity index (χ3n) is 1.16. The first-order valence-electron chi connectivity index (χ1n) is 2.73. The molecule has 1 rings (SSSR count). The summed E-state index contributed by atoms with van der Waals surface area (Å²) in [5.41, 5.74) is 0. The van der Waals surface area contributed by atoms with Crippen molar-refractivity contribution < 1.29 is 4.79 Å². The molecule has 1 aliphatic rings. The lowest BCUT2D eigenvalue weighted by Gasteiger charge is -2.09. The van der Waals surface area contributed by atoms with Crippen LogP contribution in [-0.4, -0.2) is 27.4 Å². The lowest BCUT2D eigenvalue weighted by Crippen LogP contribution is -2.26. The second-order valence-electron chi connectivity index (χ2n) is 1.69. The van der Waals surface area contributed by atoms with E-state index in [0.717, 1.165) is 4.99 Å². The largest absolute Gasteiger partial charge is 0.297 e. The first-order chi connectivity index (χ1) is 4.25. The minimum atomic E-state index is 0.0995. The van der Waals surface area contributed by atoms with Gasteiger partial charge in [-0.3, -0.25) is 9.69 Å². The molecular weight excluding hydrogens is 154 g/mol. The van der Waals surface area contributed by atoms with Crippen LogP contribution >= 0.6 is 24.0 Å². The van der Waals surface area contributed by atoms with Crippen molar-refractivity contribution in [3.05, 3.63) is 0 Å². The van der Waals surface area contributed by atoms with Crippen molar-refractivity contribution >= 4 is 34.2 Å². The highest BCUT2D eigenvalue weighted by atomic mass is 32.2. The highest BCUT2D eigenvalue weighted by Crippen LogP contribution is 2.18. The summed E-state index contributed by atoms with van der Waals surface area (Å²) in [7, 11) is 0. The van der Waals surface area contributed by atoms with Crippen LogP contribution in [0.25, 0.3) is 0 Å². The zero-order valence-electron chi connectivity index (χ0n) is 5.09. The average molecular weight is 161 g/mol. The molecule has 0 radical (unpaired) electrons. The van der Waals surface area contributed by atoms with E-state index < -0.39 is 0 Å². The Bertz CT molecular complexity index is 141. The Balaban J connectivity index is 2.66. The maximum atomic E-state index is 10.8. The predicted molar refractivity (Wildman–Crippen MR) is 42.8 cm³/mol. The Morgan fingerprint density at radius 2 is 2.56 bits per heavy atom. The van der Waals surface area contributed by atoms with Crippen LogP contribution in [-0.2, 0) is 0 Å². The lowest BCUT2D eigenvalue weighted by atomic mass is 10.6. The fourth-order valence-electron chi connectivity index (χ4n) is 0.687. The Morgan fingerprint density at radius 1 is 1.89 bits per heavy atom. The number of hydrogen-bond donors (Lipinski definition) is 0. The van der Waals surface area contributed by atoms with E-state index in [4.69, 9.17) is 12.2 Å². The van der Waals surface area contributed by atoms with Gasteiger partial charge in [-0.15, -0.1) is 0 Å². The van der Waals surface area contributed by atoms with Crippen LogP contribution in [0.15, 0.2) is 0 Å². The molecule has 1 saturated heterocycles. The molecule has 4 heteroatoms. The summed E-state index contributed by atoms with van der Waals surface area (Å²) in [5.74, 6) is 0.696. The molecule has 2 nitrogen and oxygen atoms in total. The van der Waals surface area contributed by atoms with Crippen LogP contribution in [0.4, 0.5) is 4.79 Å². The predicted octanol–water partition coefficient (Wildman–Crippen LogP) is 1.50. The molecule has 0 aliphatic carbocycles. The van der Waals surface area contributed by atoms with Crippen LogP contribution in [0.5, 0.6) is 0 Å². The Hall–Kier alpha value is -0.0900. The molecule has 0 bridgehead atoms. The van der Waals surface area contributed by atoms with Gasteiger partial charge in [0.2, 0.25) is 0 Å². The molecule has 0 saturated carbocycles. The summed E-state index contributed by atoms with van der Waals surface area (Å²) in [6.07, 6.45) is 0. The van der Waals surface area contributed by atoms with E-state index in [0.29, 0.717) is 12.3 Å². The lowest BCUT2D eigenvalue weighted by molar-refractivity contribution is 0.247. The van der Waals surface area contributed by atoms with Crippen molar-refractivity contribution in [3.8, 4) is 0 Å². The second kappa shape index (κ2) is 2.66. The average Bonchev–Trinajstić information content (AvgIpc) is 2.12. The van der Waals surface area contributed by atoms with Gasteiger partial charge in [0.25, 0.3) is 5.24 Å². The van der Waals surface area contributed by atoms with Gasteiger partial charge in [-0.05, 0) is 6.92 Å². The van der Waals surface area contributed by atoms with Gasteiger partial charge in [0.05, 0.1) is 10.7 Å². The van der Waals surface area contributed by atoms with Gasteiger partial charge in [-0.2, -0.15) is 0 Å². The van der Waals surface area contributed by atoms with E-state index in [1.165, 1.54) is 11.8 Å². The second-order valence-corrected chi connectivity index (χ2v) is 3.09. The van der Waals surface area contributed by atoms with Gasteiger partial charge in [0.15, 0.2) is 0 Å². The normalized spacial score (nSPS) is 19.4. The summed E-state index contributed by atoms with van der Waals surface area (Å²) >= 11 is 6.18. The summed E-state index contributed by atoms with van der Waals surface area (Å²) in [6, 6.07) is 0. The number of thiocarbonyl (C=S) groups is 1. The summed E-state index contributed by atoms with van der Waals surface area (Å²) in [5, 5.41) is 0.0995. The van der Waals surface area contributed by atoms with Crippen molar-refractivity contribution in [2.45, 2.75) is 6.92 Å². The Kier molecular flexibility index (Phi) is 2.08. The molecule has 1 aliphatic heterocycles. The van der Waals surface area contributed by atoms with Crippen LogP contribution in [0.2, 0.25) is 0 Å². The third kappa shape index (κ3) is 1.24. The van der Waals surface area contributed by atoms with E-state index >= 15 is 0 Å². The molecule has 0 atom stereocenters. The van der Waals surface area contributed by atoms with Crippen LogP contribution in [0.1, 0.15) is 6.92 Å². The van der Waals surface area contributed by atoms with Gasteiger partial charge in [0, 0.05) is 6.54 Å². The maximum Gasteiger partial charge on any atom is 0.286 e. The molecule has 1 fully saturated rings.